The van der Waals surface area contributed by atoms with E-state index in [1.54, 1.807) is 0 Å². The van der Waals surface area contributed by atoms with Crippen LogP contribution in [0.1, 0.15) is 33.7 Å². The maximum absolute atomic E-state index is 12.5. The number of aromatic carboxylic acids is 1. The van der Waals surface area contributed by atoms with Crippen LogP contribution in [0, 0.1) is 6.92 Å². The van der Waals surface area contributed by atoms with E-state index >= 15 is 0 Å². The van der Waals surface area contributed by atoms with Crippen LogP contribution in [0.2, 0.25) is 0 Å². The zero-order valence-corrected chi connectivity index (χ0v) is 8.00. The van der Waals surface area contributed by atoms with E-state index in [0.29, 0.717) is 0 Å². The number of rotatable bonds is 3. The number of aryl methyl sites for hydroxylation is 1. The van der Waals surface area contributed by atoms with Crippen LogP contribution >= 0.6 is 0 Å². The second-order valence-corrected chi connectivity index (χ2v) is 2.98. The summed E-state index contributed by atoms with van der Waals surface area (Å²) < 4.78 is 25.1. The Labute approximate surface area is 84.7 Å². The van der Waals surface area contributed by atoms with Gasteiger partial charge in [-0.05, 0) is 13.0 Å². The van der Waals surface area contributed by atoms with Crippen molar-refractivity contribution in [2.75, 3.05) is 0 Å². The molecule has 6 heteroatoms. The monoisotopic (exact) mass is 216 g/mol. The zero-order valence-electron chi connectivity index (χ0n) is 8.00. The molecule has 0 spiro atoms. The summed E-state index contributed by atoms with van der Waals surface area (Å²) in [6.07, 6.45) is -2.82. The molecule has 3 N–H and O–H groups in total. The van der Waals surface area contributed by atoms with Crippen molar-refractivity contribution in [3.63, 3.8) is 0 Å². The summed E-state index contributed by atoms with van der Waals surface area (Å²) in [4.78, 5) is 14.4. The van der Waals surface area contributed by atoms with Crippen LogP contribution in [0.5, 0.6) is 0 Å². The number of pyridine rings is 1. The minimum atomic E-state index is -2.82. The van der Waals surface area contributed by atoms with Gasteiger partial charge in [0.1, 0.15) is 5.69 Å². The van der Waals surface area contributed by atoms with Crippen molar-refractivity contribution in [1.29, 1.82) is 0 Å². The largest absolute Gasteiger partial charge is 0.478 e. The number of nitrogens with two attached hydrogens (primary N) is 1. The molecule has 0 unspecified atom stereocenters. The molecule has 0 saturated carbocycles. The normalized spacial score (nSPS) is 10.7. The lowest BCUT2D eigenvalue weighted by atomic mass is 10.1. The Kier molecular flexibility index (Phi) is 3.31. The Morgan fingerprint density at radius 3 is 2.67 bits per heavy atom. The fourth-order valence-electron chi connectivity index (χ4n) is 1.31. The Hall–Kier alpha value is -1.56. The van der Waals surface area contributed by atoms with Crippen molar-refractivity contribution in [1.82, 2.24) is 4.98 Å². The first kappa shape index (κ1) is 11.5. The van der Waals surface area contributed by atoms with Crippen molar-refractivity contribution >= 4 is 5.97 Å². The van der Waals surface area contributed by atoms with E-state index < -0.39 is 18.1 Å². The van der Waals surface area contributed by atoms with Crippen molar-refractivity contribution < 1.29 is 18.7 Å². The van der Waals surface area contributed by atoms with Gasteiger partial charge < -0.3 is 10.8 Å². The molecule has 1 heterocycles. The molecule has 1 aromatic rings. The minimum Gasteiger partial charge on any atom is -0.478 e. The lowest BCUT2D eigenvalue weighted by molar-refractivity contribution is 0.0694. The van der Waals surface area contributed by atoms with Crippen molar-refractivity contribution in [3.8, 4) is 0 Å². The average molecular weight is 216 g/mol. The number of carbonyl (C=O) groups is 1. The molecule has 0 saturated heterocycles. The number of nitrogens with zero attached hydrogens (tertiary/aromatic N) is 1. The fraction of sp³-hybridized carbons (Fsp3) is 0.333. The smallest absolute Gasteiger partial charge is 0.336 e. The molecule has 0 aromatic carbocycles. The number of carboxylic acid groups (broad SMARTS) is 1. The van der Waals surface area contributed by atoms with Gasteiger partial charge in [-0.3, -0.25) is 4.98 Å². The summed E-state index contributed by atoms with van der Waals surface area (Å²) in [6, 6.07) is 1.23. The van der Waals surface area contributed by atoms with E-state index in [-0.39, 0.29) is 23.4 Å². The average Bonchev–Trinajstić information content (AvgIpc) is 2.16. The number of aromatic nitrogens is 1. The van der Waals surface area contributed by atoms with Crippen LogP contribution in [-0.2, 0) is 6.54 Å². The summed E-state index contributed by atoms with van der Waals surface area (Å²) in [5, 5.41) is 8.80. The number of hydrogen-bond donors (Lipinski definition) is 2. The highest BCUT2D eigenvalue weighted by atomic mass is 19.3. The molecule has 0 aliphatic heterocycles. The summed E-state index contributed by atoms with van der Waals surface area (Å²) in [7, 11) is 0. The summed E-state index contributed by atoms with van der Waals surface area (Å²) >= 11 is 0. The molecule has 82 valence electrons. The van der Waals surface area contributed by atoms with Gasteiger partial charge in [0.25, 0.3) is 6.43 Å². The van der Waals surface area contributed by atoms with E-state index in [1.165, 1.54) is 13.0 Å². The van der Waals surface area contributed by atoms with Gasteiger partial charge in [0.05, 0.1) is 5.56 Å². The van der Waals surface area contributed by atoms with Crippen LogP contribution in [0.4, 0.5) is 8.78 Å². The lowest BCUT2D eigenvalue weighted by Gasteiger charge is -2.10. The van der Waals surface area contributed by atoms with Gasteiger partial charge in [-0.2, -0.15) is 0 Å². The predicted octanol–water partition coefficient (Wildman–Crippen LogP) is 1.48. The van der Waals surface area contributed by atoms with Gasteiger partial charge in [0.15, 0.2) is 0 Å². The second-order valence-electron chi connectivity index (χ2n) is 2.98. The molecule has 0 bridgehead atoms. The summed E-state index contributed by atoms with van der Waals surface area (Å²) in [6.45, 7) is 1.19. The number of halogens is 2. The standard InChI is InChI=1S/C9H10F2N2O2/c1-4-2-5(9(14)15)6(3-12)7(13-4)8(10)11/h2,8H,3,12H2,1H3,(H,14,15). The molecule has 0 aliphatic carbocycles. The molecular formula is C9H10F2N2O2. The summed E-state index contributed by atoms with van der Waals surface area (Å²) in [5.41, 5.74) is 4.61. The molecule has 0 fully saturated rings. The SMILES string of the molecule is Cc1cc(C(=O)O)c(CN)c(C(F)F)n1. The van der Waals surface area contributed by atoms with Gasteiger partial charge in [0.2, 0.25) is 0 Å². The van der Waals surface area contributed by atoms with Crippen LogP contribution in [0.25, 0.3) is 0 Å². The maximum Gasteiger partial charge on any atom is 0.336 e. The van der Waals surface area contributed by atoms with Gasteiger partial charge in [-0.15, -0.1) is 0 Å². The third-order valence-electron chi connectivity index (χ3n) is 1.93. The predicted molar refractivity (Wildman–Crippen MR) is 48.8 cm³/mol. The Balaban J connectivity index is 3.45. The molecule has 0 amide bonds. The molecule has 1 rings (SSSR count). The van der Waals surface area contributed by atoms with Crippen LogP contribution in [0.3, 0.4) is 0 Å². The Bertz CT molecular complexity index is 394. The fourth-order valence-corrected chi connectivity index (χ4v) is 1.31. The molecular weight excluding hydrogens is 206 g/mol. The molecule has 0 radical (unpaired) electrons. The molecule has 15 heavy (non-hydrogen) atoms. The number of carboxylic acids is 1. The first-order valence-electron chi connectivity index (χ1n) is 4.19. The molecule has 0 aliphatic rings. The van der Waals surface area contributed by atoms with Crippen LogP contribution in [-0.4, -0.2) is 16.1 Å². The maximum atomic E-state index is 12.5. The Morgan fingerprint density at radius 1 is 1.67 bits per heavy atom. The van der Waals surface area contributed by atoms with Gasteiger partial charge in [-0.1, -0.05) is 0 Å². The van der Waals surface area contributed by atoms with E-state index in [1.807, 2.05) is 0 Å². The number of alkyl halides is 2. The topological polar surface area (TPSA) is 76.2 Å². The van der Waals surface area contributed by atoms with E-state index in [2.05, 4.69) is 4.98 Å². The minimum absolute atomic E-state index is 0.108. The number of hydrogen-bond acceptors (Lipinski definition) is 3. The first-order valence-corrected chi connectivity index (χ1v) is 4.19. The van der Waals surface area contributed by atoms with Gasteiger partial charge in [0, 0.05) is 17.8 Å². The quantitative estimate of drug-likeness (QED) is 0.802. The van der Waals surface area contributed by atoms with Crippen LogP contribution < -0.4 is 5.73 Å². The highest BCUT2D eigenvalue weighted by molar-refractivity contribution is 5.89. The van der Waals surface area contributed by atoms with Crippen molar-refractivity contribution in [2.24, 2.45) is 5.73 Å². The lowest BCUT2D eigenvalue weighted by Crippen LogP contribution is -2.13. The second kappa shape index (κ2) is 4.31. The Morgan fingerprint density at radius 2 is 2.27 bits per heavy atom. The van der Waals surface area contributed by atoms with E-state index in [9.17, 15) is 13.6 Å². The molecule has 0 atom stereocenters. The molecule has 1 aromatic heterocycles. The first-order chi connectivity index (χ1) is 6.97. The zero-order chi connectivity index (χ0) is 11.6. The highest BCUT2D eigenvalue weighted by Gasteiger charge is 2.21. The van der Waals surface area contributed by atoms with E-state index in [0.717, 1.165) is 0 Å². The van der Waals surface area contributed by atoms with Crippen molar-refractivity contribution in [2.45, 2.75) is 19.9 Å². The molecule has 4 nitrogen and oxygen atoms in total. The van der Waals surface area contributed by atoms with Crippen molar-refractivity contribution in [3.05, 3.63) is 28.6 Å². The third kappa shape index (κ3) is 2.27. The van der Waals surface area contributed by atoms with E-state index in [4.69, 9.17) is 10.8 Å². The van der Waals surface area contributed by atoms with Gasteiger partial charge >= 0.3 is 5.97 Å². The van der Waals surface area contributed by atoms with Crippen LogP contribution in [0.15, 0.2) is 6.07 Å². The highest BCUT2D eigenvalue weighted by Crippen LogP contribution is 2.24. The summed E-state index contributed by atoms with van der Waals surface area (Å²) in [5.74, 6) is -1.28. The van der Waals surface area contributed by atoms with Gasteiger partial charge in [-0.25, -0.2) is 13.6 Å². The third-order valence-corrected chi connectivity index (χ3v) is 1.93.